The van der Waals surface area contributed by atoms with Gasteiger partial charge in [-0.15, -0.1) is 0 Å². The van der Waals surface area contributed by atoms with E-state index in [0.29, 0.717) is 12.8 Å². The van der Waals surface area contributed by atoms with E-state index in [9.17, 15) is 14.4 Å². The molecule has 146 valence electrons. The average Bonchev–Trinajstić information content (AvgIpc) is 2.85. The normalized spacial score (nSPS) is 34.8. The van der Waals surface area contributed by atoms with Crippen molar-refractivity contribution in [2.75, 3.05) is 7.11 Å². The monoisotopic (exact) mass is 366 g/mol. The first-order chi connectivity index (χ1) is 12.1. The van der Waals surface area contributed by atoms with E-state index in [-0.39, 0.29) is 29.7 Å². The molecule has 26 heavy (non-hydrogen) atoms. The van der Waals surface area contributed by atoms with Crippen LogP contribution in [0.15, 0.2) is 11.6 Å². The zero-order chi connectivity index (χ0) is 19.6. The van der Waals surface area contributed by atoms with Crippen LogP contribution in [0.5, 0.6) is 0 Å². The molecule has 6 atom stereocenters. The predicted molar refractivity (Wildman–Crippen MR) is 95.0 cm³/mol. The van der Waals surface area contributed by atoms with E-state index in [1.807, 2.05) is 13.8 Å². The molecule has 1 fully saturated rings. The van der Waals surface area contributed by atoms with Crippen molar-refractivity contribution in [3.05, 3.63) is 11.6 Å². The molecule has 0 radical (unpaired) electrons. The average molecular weight is 366 g/mol. The molecule has 0 unspecified atom stereocenters. The minimum Gasteiger partial charge on any atom is -0.469 e. The van der Waals surface area contributed by atoms with Gasteiger partial charge >= 0.3 is 17.9 Å². The lowest BCUT2D eigenvalue weighted by atomic mass is 9.77. The quantitative estimate of drug-likeness (QED) is 0.432. The lowest BCUT2D eigenvalue weighted by Crippen LogP contribution is -2.44. The van der Waals surface area contributed by atoms with Crippen molar-refractivity contribution < 1.29 is 28.6 Å². The summed E-state index contributed by atoms with van der Waals surface area (Å²) in [7, 11) is 1.36. The van der Waals surface area contributed by atoms with Crippen LogP contribution in [-0.2, 0) is 28.6 Å². The molecule has 1 saturated carbocycles. The van der Waals surface area contributed by atoms with Crippen LogP contribution in [0.2, 0.25) is 0 Å². The summed E-state index contributed by atoms with van der Waals surface area (Å²) in [5, 5.41) is 0. The number of carbonyl (C=O) groups is 3. The number of esters is 3. The number of carbonyl (C=O) groups excluding carboxylic acids is 3. The highest BCUT2D eigenvalue weighted by Gasteiger charge is 2.52. The lowest BCUT2D eigenvalue weighted by Gasteiger charge is -2.38. The fourth-order valence-electron chi connectivity index (χ4n) is 4.79. The van der Waals surface area contributed by atoms with Crippen molar-refractivity contribution in [1.29, 1.82) is 0 Å². The molecule has 0 spiro atoms. The van der Waals surface area contributed by atoms with Gasteiger partial charge in [-0.3, -0.25) is 14.4 Å². The first-order valence-electron chi connectivity index (χ1n) is 9.20. The summed E-state index contributed by atoms with van der Waals surface area (Å²) in [6.07, 6.45) is 3.55. The maximum absolute atomic E-state index is 12.2. The fourth-order valence-corrected chi connectivity index (χ4v) is 4.79. The van der Waals surface area contributed by atoms with Gasteiger partial charge in [-0.05, 0) is 32.6 Å². The van der Waals surface area contributed by atoms with E-state index in [0.717, 1.165) is 6.42 Å². The van der Waals surface area contributed by atoms with Gasteiger partial charge in [-0.25, -0.2) is 0 Å². The van der Waals surface area contributed by atoms with E-state index in [1.165, 1.54) is 26.5 Å². The van der Waals surface area contributed by atoms with Crippen molar-refractivity contribution in [2.24, 2.45) is 23.7 Å². The molecule has 6 heteroatoms. The Kier molecular flexibility index (Phi) is 6.14. The molecular formula is C20H30O6. The van der Waals surface area contributed by atoms with Crippen LogP contribution >= 0.6 is 0 Å². The third-order valence-corrected chi connectivity index (χ3v) is 6.07. The highest BCUT2D eigenvalue weighted by molar-refractivity contribution is 5.72. The van der Waals surface area contributed by atoms with E-state index in [2.05, 4.69) is 13.0 Å². The van der Waals surface area contributed by atoms with Gasteiger partial charge in [0.15, 0.2) is 0 Å². The Hall–Kier alpha value is -1.85. The molecule has 0 amide bonds. The van der Waals surface area contributed by atoms with Crippen molar-refractivity contribution >= 4 is 17.9 Å². The molecule has 0 N–H and O–H groups in total. The summed E-state index contributed by atoms with van der Waals surface area (Å²) >= 11 is 0. The Morgan fingerprint density at radius 3 is 2.42 bits per heavy atom. The van der Waals surface area contributed by atoms with E-state index in [4.69, 9.17) is 14.2 Å². The van der Waals surface area contributed by atoms with Gasteiger partial charge < -0.3 is 14.2 Å². The van der Waals surface area contributed by atoms with Gasteiger partial charge in [0.05, 0.1) is 13.0 Å². The van der Waals surface area contributed by atoms with Gasteiger partial charge in [-0.1, -0.05) is 18.6 Å². The minimum absolute atomic E-state index is 0.110. The number of hydrogen-bond acceptors (Lipinski definition) is 6. The van der Waals surface area contributed by atoms with Gasteiger partial charge in [0, 0.05) is 32.1 Å². The van der Waals surface area contributed by atoms with Crippen molar-refractivity contribution in [2.45, 2.75) is 65.6 Å². The van der Waals surface area contributed by atoms with Gasteiger partial charge in [0.1, 0.15) is 11.7 Å². The second kappa shape index (κ2) is 7.80. The van der Waals surface area contributed by atoms with Crippen molar-refractivity contribution in [3.63, 3.8) is 0 Å². The highest BCUT2D eigenvalue weighted by Crippen LogP contribution is 2.51. The Bertz CT molecular complexity index is 609. The van der Waals surface area contributed by atoms with E-state index >= 15 is 0 Å². The summed E-state index contributed by atoms with van der Waals surface area (Å²) in [5.74, 6) is -1.40. The Balaban J connectivity index is 2.45. The zero-order valence-corrected chi connectivity index (χ0v) is 16.5. The second-order valence-corrected chi connectivity index (χ2v) is 7.87. The SMILES string of the molecule is COC(=O)[C@@H](C)[C@H]1C[C@H]2C(C)=CC[C@H]2[C@](C)(OC(C)=O)C[C@@H]1OC(C)=O. The molecule has 2 aliphatic rings. The highest BCUT2D eigenvalue weighted by atomic mass is 16.6. The Labute approximate surface area is 155 Å². The summed E-state index contributed by atoms with van der Waals surface area (Å²) in [5.41, 5.74) is 0.481. The number of fused-ring (bicyclic) bond motifs is 1. The van der Waals surface area contributed by atoms with E-state index in [1.54, 1.807) is 0 Å². The van der Waals surface area contributed by atoms with Crippen LogP contribution in [-0.4, -0.2) is 36.7 Å². The summed E-state index contributed by atoms with van der Waals surface area (Å²) in [6, 6.07) is 0. The van der Waals surface area contributed by atoms with Crippen LogP contribution < -0.4 is 0 Å². The number of methoxy groups -OCH3 is 1. The first-order valence-corrected chi connectivity index (χ1v) is 9.20. The summed E-state index contributed by atoms with van der Waals surface area (Å²) < 4.78 is 16.3. The molecule has 0 heterocycles. The summed E-state index contributed by atoms with van der Waals surface area (Å²) in [4.78, 5) is 35.7. The van der Waals surface area contributed by atoms with Crippen LogP contribution in [0.4, 0.5) is 0 Å². The Morgan fingerprint density at radius 1 is 1.23 bits per heavy atom. The molecule has 6 nitrogen and oxygen atoms in total. The fraction of sp³-hybridized carbons (Fsp3) is 0.750. The molecule has 0 aliphatic heterocycles. The molecule has 0 saturated heterocycles. The molecule has 2 rings (SSSR count). The molecule has 0 aromatic rings. The van der Waals surface area contributed by atoms with Gasteiger partial charge in [-0.2, -0.15) is 0 Å². The van der Waals surface area contributed by atoms with E-state index < -0.39 is 23.6 Å². The third kappa shape index (κ3) is 4.10. The maximum atomic E-state index is 12.2. The smallest absolute Gasteiger partial charge is 0.308 e. The standard InChI is InChI=1S/C20H30O6/c1-11-7-8-17-15(11)9-16(12(2)19(23)24-6)18(25-13(3)21)10-20(17,5)26-14(4)22/h7,12,15-18H,8-10H2,1-6H3/t12-,15-,16+,17+,18-,20+/m0/s1. The molecule has 0 aromatic carbocycles. The maximum Gasteiger partial charge on any atom is 0.308 e. The lowest BCUT2D eigenvalue weighted by molar-refractivity contribution is -0.171. The Morgan fingerprint density at radius 2 is 1.88 bits per heavy atom. The van der Waals surface area contributed by atoms with Gasteiger partial charge in [0.25, 0.3) is 0 Å². The second-order valence-electron chi connectivity index (χ2n) is 7.87. The molecule has 2 aliphatic carbocycles. The number of hydrogen-bond donors (Lipinski definition) is 0. The van der Waals surface area contributed by atoms with Crippen LogP contribution in [0.25, 0.3) is 0 Å². The van der Waals surface area contributed by atoms with Crippen LogP contribution in [0, 0.1) is 23.7 Å². The number of ether oxygens (including phenoxy) is 3. The zero-order valence-electron chi connectivity index (χ0n) is 16.5. The van der Waals surface area contributed by atoms with Gasteiger partial charge in [0.2, 0.25) is 0 Å². The molecule has 0 bridgehead atoms. The first kappa shape index (κ1) is 20.5. The largest absolute Gasteiger partial charge is 0.469 e. The van der Waals surface area contributed by atoms with Crippen LogP contribution in [0.1, 0.15) is 53.9 Å². The minimum atomic E-state index is -0.754. The topological polar surface area (TPSA) is 78.9 Å². The summed E-state index contributed by atoms with van der Waals surface area (Å²) in [6.45, 7) is 8.56. The number of allylic oxidation sites excluding steroid dienone is 2. The predicted octanol–water partition coefficient (Wildman–Crippen LogP) is 3.04. The van der Waals surface area contributed by atoms with Crippen LogP contribution in [0.3, 0.4) is 0 Å². The number of rotatable bonds is 4. The van der Waals surface area contributed by atoms with Crippen molar-refractivity contribution in [3.8, 4) is 0 Å². The molecular weight excluding hydrogens is 336 g/mol. The third-order valence-electron chi connectivity index (χ3n) is 6.07. The molecule has 0 aromatic heterocycles. The van der Waals surface area contributed by atoms with Crippen molar-refractivity contribution in [1.82, 2.24) is 0 Å².